The van der Waals surface area contributed by atoms with Gasteiger partial charge in [0.1, 0.15) is 23.7 Å². The van der Waals surface area contributed by atoms with Crippen LogP contribution in [0.2, 0.25) is 0 Å². The van der Waals surface area contributed by atoms with Gasteiger partial charge in [0.25, 0.3) is 0 Å². The molecule has 0 bridgehead atoms. The van der Waals surface area contributed by atoms with E-state index in [2.05, 4.69) is 45.0 Å². The molecule has 0 aliphatic carbocycles. The molecule has 2 aromatic carbocycles. The van der Waals surface area contributed by atoms with Crippen LogP contribution >= 0.6 is 0 Å². The average molecular weight is 429 g/mol. The van der Waals surface area contributed by atoms with Gasteiger partial charge in [-0.25, -0.2) is 0 Å². The van der Waals surface area contributed by atoms with Crippen molar-refractivity contribution in [3.05, 3.63) is 58.7 Å². The fraction of sp³-hybridized carbons (Fsp3) is 0.556. The molecule has 0 fully saturated rings. The average Bonchev–Trinajstić information content (AvgIpc) is 2.76. The molecular weight excluding hydrogens is 388 g/mol. The highest BCUT2D eigenvalue weighted by molar-refractivity contribution is 5.47. The predicted octanol–water partition coefficient (Wildman–Crippen LogP) is 7.16. The molecule has 2 rings (SSSR count). The van der Waals surface area contributed by atoms with Gasteiger partial charge < -0.3 is 18.9 Å². The molecule has 0 heterocycles. The Kier molecular flexibility index (Phi) is 8.96. The number of benzene rings is 2. The molecule has 0 aliphatic rings. The second-order valence-corrected chi connectivity index (χ2v) is 9.06. The van der Waals surface area contributed by atoms with Crippen molar-refractivity contribution in [2.24, 2.45) is 0 Å². The van der Waals surface area contributed by atoms with Crippen LogP contribution in [0.4, 0.5) is 0 Å². The molecule has 3 atom stereocenters. The second kappa shape index (κ2) is 11.0. The Hall–Kier alpha value is -2.04. The van der Waals surface area contributed by atoms with E-state index in [4.69, 9.17) is 18.9 Å². The summed E-state index contributed by atoms with van der Waals surface area (Å²) in [4.78, 5) is 0. The molecule has 4 heteroatoms. The van der Waals surface area contributed by atoms with Crippen LogP contribution in [0.3, 0.4) is 0 Å². The van der Waals surface area contributed by atoms with E-state index < -0.39 is 5.60 Å². The first-order valence-corrected chi connectivity index (χ1v) is 11.2. The molecule has 172 valence electrons. The highest BCUT2D eigenvalue weighted by Gasteiger charge is 2.25. The van der Waals surface area contributed by atoms with Crippen LogP contribution in [0.5, 0.6) is 11.5 Å². The number of aryl methyl sites for hydroxylation is 1. The quantitative estimate of drug-likeness (QED) is 0.380. The zero-order valence-corrected chi connectivity index (χ0v) is 20.7. The summed E-state index contributed by atoms with van der Waals surface area (Å²) >= 11 is 0. The minimum Gasteiger partial charge on any atom is -0.489 e. The van der Waals surface area contributed by atoms with Gasteiger partial charge in [0.15, 0.2) is 0 Å². The molecule has 0 aliphatic heterocycles. The van der Waals surface area contributed by atoms with Crippen LogP contribution in [0.15, 0.2) is 36.4 Å². The van der Waals surface area contributed by atoms with Crippen molar-refractivity contribution >= 4 is 0 Å². The van der Waals surface area contributed by atoms with Crippen LogP contribution in [0, 0.1) is 6.92 Å². The van der Waals surface area contributed by atoms with Gasteiger partial charge in [0, 0.05) is 25.3 Å². The molecule has 2 aromatic rings. The summed E-state index contributed by atoms with van der Waals surface area (Å²) in [7, 11) is 3.43. The maximum Gasteiger partial charge on any atom is 0.137 e. The Bertz CT molecular complexity index is 795. The Morgan fingerprint density at radius 3 is 1.84 bits per heavy atom. The lowest BCUT2D eigenvalue weighted by Gasteiger charge is -2.29. The summed E-state index contributed by atoms with van der Waals surface area (Å²) in [6.45, 7) is 15.1. The Morgan fingerprint density at radius 2 is 1.39 bits per heavy atom. The number of rotatable bonds is 11. The van der Waals surface area contributed by atoms with Crippen molar-refractivity contribution < 1.29 is 18.9 Å². The zero-order chi connectivity index (χ0) is 23.2. The Morgan fingerprint density at radius 1 is 0.871 bits per heavy atom. The number of hydrogen-bond donors (Lipinski definition) is 0. The Labute approximate surface area is 188 Å². The van der Waals surface area contributed by atoms with Crippen LogP contribution in [0.1, 0.15) is 88.3 Å². The van der Waals surface area contributed by atoms with Crippen molar-refractivity contribution in [1.82, 2.24) is 0 Å². The van der Waals surface area contributed by atoms with Crippen molar-refractivity contribution in [1.29, 1.82) is 0 Å². The fourth-order valence-corrected chi connectivity index (χ4v) is 3.55. The minimum absolute atomic E-state index is 0.0881. The van der Waals surface area contributed by atoms with Crippen molar-refractivity contribution in [2.75, 3.05) is 20.8 Å². The molecule has 0 aromatic heterocycles. The molecule has 0 N–H and O–H groups in total. The molecule has 0 radical (unpaired) electrons. The summed E-state index contributed by atoms with van der Waals surface area (Å²) in [5.41, 5.74) is 4.02. The number of methoxy groups -OCH3 is 2. The van der Waals surface area contributed by atoms with Gasteiger partial charge in [-0.05, 0) is 76.8 Å². The van der Waals surface area contributed by atoms with Gasteiger partial charge in [-0.15, -0.1) is 0 Å². The van der Waals surface area contributed by atoms with Gasteiger partial charge in [-0.1, -0.05) is 31.5 Å². The van der Waals surface area contributed by atoms with Gasteiger partial charge in [-0.3, -0.25) is 0 Å². The predicted molar refractivity (Wildman–Crippen MR) is 127 cm³/mol. The van der Waals surface area contributed by atoms with Crippen molar-refractivity contribution in [3.63, 3.8) is 0 Å². The van der Waals surface area contributed by atoms with E-state index in [1.807, 2.05) is 39.8 Å². The van der Waals surface area contributed by atoms with Gasteiger partial charge >= 0.3 is 0 Å². The number of hydrogen-bond acceptors (Lipinski definition) is 4. The zero-order valence-electron chi connectivity index (χ0n) is 20.7. The largest absolute Gasteiger partial charge is 0.489 e. The molecule has 0 saturated carbocycles. The first-order chi connectivity index (χ1) is 14.6. The summed E-state index contributed by atoms with van der Waals surface area (Å²) in [6, 6.07) is 12.6. The van der Waals surface area contributed by atoms with Gasteiger partial charge in [-0.2, -0.15) is 0 Å². The van der Waals surface area contributed by atoms with Gasteiger partial charge in [0.05, 0.1) is 12.2 Å². The summed E-state index contributed by atoms with van der Waals surface area (Å²) < 4.78 is 23.9. The standard InChI is InChI=1S/C27H40O4/c1-10-19(3)22-11-13-23(14-12-22)31-27(6,7)17-30-26-24(20(4)28-8)15-18(2)16-25(26)21(5)29-9/h11-16,19-21H,10,17H2,1-9H3. The molecule has 0 amide bonds. The molecule has 31 heavy (non-hydrogen) atoms. The van der Waals surface area contributed by atoms with E-state index in [-0.39, 0.29) is 12.2 Å². The molecule has 4 nitrogen and oxygen atoms in total. The van der Waals surface area contributed by atoms with Crippen LogP contribution in [0.25, 0.3) is 0 Å². The lowest BCUT2D eigenvalue weighted by Crippen LogP contribution is -2.36. The molecule has 0 saturated heterocycles. The minimum atomic E-state index is -0.510. The molecule has 0 spiro atoms. The van der Waals surface area contributed by atoms with E-state index in [0.29, 0.717) is 12.5 Å². The monoisotopic (exact) mass is 428 g/mol. The first kappa shape index (κ1) is 25.2. The lowest BCUT2D eigenvalue weighted by molar-refractivity contribution is 0.0460. The SMILES string of the molecule is CCC(C)c1ccc(OC(C)(C)COc2c(C(C)OC)cc(C)cc2C(C)OC)cc1. The van der Waals surface area contributed by atoms with Crippen molar-refractivity contribution in [2.45, 2.75) is 78.6 Å². The van der Waals surface area contributed by atoms with E-state index in [1.165, 1.54) is 5.56 Å². The van der Waals surface area contributed by atoms with E-state index in [9.17, 15) is 0 Å². The van der Waals surface area contributed by atoms with Crippen LogP contribution in [-0.2, 0) is 9.47 Å². The topological polar surface area (TPSA) is 36.9 Å². The lowest BCUT2D eigenvalue weighted by atomic mass is 9.98. The van der Waals surface area contributed by atoms with E-state index >= 15 is 0 Å². The highest BCUT2D eigenvalue weighted by atomic mass is 16.5. The third-order valence-corrected chi connectivity index (χ3v) is 5.89. The van der Waals surface area contributed by atoms with Crippen LogP contribution in [-0.4, -0.2) is 26.4 Å². The van der Waals surface area contributed by atoms with Crippen LogP contribution < -0.4 is 9.47 Å². The normalized spacial score (nSPS) is 14.7. The van der Waals surface area contributed by atoms with E-state index in [1.54, 1.807) is 14.2 Å². The third kappa shape index (κ3) is 6.72. The third-order valence-electron chi connectivity index (χ3n) is 5.89. The maximum atomic E-state index is 6.40. The summed E-state index contributed by atoms with van der Waals surface area (Å²) in [5, 5.41) is 0. The molecular formula is C27H40O4. The second-order valence-electron chi connectivity index (χ2n) is 9.06. The van der Waals surface area contributed by atoms with E-state index in [0.717, 1.165) is 34.6 Å². The maximum absolute atomic E-state index is 6.40. The smallest absolute Gasteiger partial charge is 0.137 e. The number of ether oxygens (including phenoxy) is 4. The summed E-state index contributed by atoms with van der Waals surface area (Å²) in [5.74, 6) is 2.22. The first-order valence-electron chi connectivity index (χ1n) is 11.2. The highest BCUT2D eigenvalue weighted by Crippen LogP contribution is 2.37. The summed E-state index contributed by atoms with van der Waals surface area (Å²) in [6.07, 6.45) is 0.949. The van der Waals surface area contributed by atoms with Gasteiger partial charge in [0.2, 0.25) is 0 Å². The molecule has 3 unspecified atom stereocenters. The Balaban J connectivity index is 2.23. The fourth-order valence-electron chi connectivity index (χ4n) is 3.55. The van der Waals surface area contributed by atoms with Crippen molar-refractivity contribution in [3.8, 4) is 11.5 Å².